The molecule has 2 aromatic carbocycles. The minimum Gasteiger partial charge on any atom is -0.486 e. The molecule has 168 valence electrons. The number of fused-ring (bicyclic) bond motifs is 1. The molecule has 0 saturated carbocycles. The van der Waals surface area contributed by atoms with E-state index < -0.39 is 10.0 Å². The topological polar surface area (TPSA) is 84.9 Å². The first kappa shape index (κ1) is 23.2. The zero-order valence-corrected chi connectivity index (χ0v) is 19.0. The molecule has 0 radical (unpaired) electrons. The Bertz CT molecular complexity index is 1010. The third kappa shape index (κ3) is 6.77. The van der Waals surface area contributed by atoms with Gasteiger partial charge in [0.2, 0.25) is 15.9 Å². The standard InChI is InChI=1S/C22H27ClN2O5S/c1-31(27,28)25(18-10-11-20-21(16-18)30-15-14-29-20)13-5-9-22(26)24-12-4-7-17-6-2-3-8-19(17)23/h2-3,6,8,10-11,16H,4-5,7,9,12-15H2,1H3,(H,24,26). The van der Waals surface area contributed by atoms with E-state index in [4.69, 9.17) is 21.1 Å². The van der Waals surface area contributed by atoms with Crippen LogP contribution in [0.15, 0.2) is 42.5 Å². The molecule has 0 unspecified atom stereocenters. The summed E-state index contributed by atoms with van der Waals surface area (Å²) < 4.78 is 36.9. The fourth-order valence-electron chi connectivity index (χ4n) is 3.35. The van der Waals surface area contributed by atoms with Gasteiger partial charge in [-0.15, -0.1) is 0 Å². The molecule has 9 heteroatoms. The summed E-state index contributed by atoms with van der Waals surface area (Å²) in [6.07, 6.45) is 3.35. The van der Waals surface area contributed by atoms with Crippen molar-refractivity contribution in [3.05, 3.63) is 53.1 Å². The molecule has 0 aliphatic carbocycles. The lowest BCUT2D eigenvalue weighted by Gasteiger charge is -2.25. The number of carbonyl (C=O) groups is 1. The van der Waals surface area contributed by atoms with Gasteiger partial charge in [0.1, 0.15) is 13.2 Å². The van der Waals surface area contributed by atoms with Gasteiger partial charge in [-0.3, -0.25) is 9.10 Å². The Kier molecular flexibility index (Phi) is 8.03. The van der Waals surface area contributed by atoms with Gasteiger partial charge in [0.25, 0.3) is 0 Å². The number of hydrogen-bond acceptors (Lipinski definition) is 5. The first-order valence-electron chi connectivity index (χ1n) is 10.2. The van der Waals surface area contributed by atoms with Crippen LogP contribution in [0.5, 0.6) is 11.5 Å². The number of carbonyl (C=O) groups excluding carboxylic acids is 1. The monoisotopic (exact) mass is 466 g/mol. The molecular weight excluding hydrogens is 440 g/mol. The summed E-state index contributed by atoms with van der Waals surface area (Å²) in [4.78, 5) is 12.1. The molecule has 31 heavy (non-hydrogen) atoms. The number of sulfonamides is 1. The zero-order valence-electron chi connectivity index (χ0n) is 17.5. The van der Waals surface area contributed by atoms with Crippen LogP contribution in [0.1, 0.15) is 24.8 Å². The van der Waals surface area contributed by atoms with Gasteiger partial charge in [-0.25, -0.2) is 8.42 Å². The largest absolute Gasteiger partial charge is 0.486 e. The van der Waals surface area contributed by atoms with Crippen molar-refractivity contribution in [1.29, 1.82) is 0 Å². The number of nitrogens with zero attached hydrogens (tertiary/aromatic N) is 1. The van der Waals surface area contributed by atoms with Crippen molar-refractivity contribution in [1.82, 2.24) is 5.32 Å². The first-order valence-corrected chi connectivity index (χ1v) is 12.4. The number of halogens is 1. The van der Waals surface area contributed by atoms with Crippen LogP contribution >= 0.6 is 11.6 Å². The van der Waals surface area contributed by atoms with E-state index in [0.717, 1.165) is 29.7 Å². The van der Waals surface area contributed by atoms with Crippen LogP contribution in [0.3, 0.4) is 0 Å². The second-order valence-electron chi connectivity index (χ2n) is 7.31. The number of rotatable bonds is 10. The molecule has 0 bridgehead atoms. The SMILES string of the molecule is CS(=O)(=O)N(CCCC(=O)NCCCc1ccccc1Cl)c1ccc2c(c1)OCCO2. The molecule has 0 atom stereocenters. The number of nitrogens with one attached hydrogen (secondary N) is 1. The molecule has 1 aliphatic heterocycles. The lowest BCUT2D eigenvalue weighted by atomic mass is 10.1. The lowest BCUT2D eigenvalue weighted by Crippen LogP contribution is -2.32. The second-order valence-corrected chi connectivity index (χ2v) is 9.63. The maximum Gasteiger partial charge on any atom is 0.232 e. The summed E-state index contributed by atoms with van der Waals surface area (Å²) >= 11 is 6.13. The average molecular weight is 467 g/mol. The van der Waals surface area contributed by atoms with E-state index in [1.54, 1.807) is 18.2 Å². The van der Waals surface area contributed by atoms with E-state index in [1.165, 1.54) is 4.31 Å². The van der Waals surface area contributed by atoms with Crippen LogP contribution < -0.4 is 19.1 Å². The third-order valence-corrected chi connectivity index (χ3v) is 6.44. The van der Waals surface area contributed by atoms with E-state index in [9.17, 15) is 13.2 Å². The van der Waals surface area contributed by atoms with Gasteiger partial charge in [0.15, 0.2) is 11.5 Å². The Morgan fingerprint density at radius 2 is 1.84 bits per heavy atom. The van der Waals surface area contributed by atoms with E-state index in [1.807, 2.05) is 24.3 Å². The Labute approximate surface area is 188 Å². The van der Waals surface area contributed by atoms with Crippen LogP contribution in [0.4, 0.5) is 5.69 Å². The van der Waals surface area contributed by atoms with E-state index in [2.05, 4.69) is 5.32 Å². The van der Waals surface area contributed by atoms with E-state index in [-0.39, 0.29) is 18.9 Å². The summed E-state index contributed by atoms with van der Waals surface area (Å²) in [7, 11) is -3.51. The fourth-order valence-corrected chi connectivity index (χ4v) is 4.54. The molecule has 7 nitrogen and oxygen atoms in total. The van der Waals surface area contributed by atoms with Crippen molar-refractivity contribution in [3.63, 3.8) is 0 Å². The summed E-state index contributed by atoms with van der Waals surface area (Å²) in [5.74, 6) is 1.02. The highest BCUT2D eigenvalue weighted by atomic mass is 35.5. The molecular formula is C22H27ClN2O5S. The highest BCUT2D eigenvalue weighted by Gasteiger charge is 2.21. The molecule has 0 fully saturated rings. The fraction of sp³-hybridized carbons (Fsp3) is 0.409. The van der Waals surface area contributed by atoms with Crippen LogP contribution in [0.25, 0.3) is 0 Å². The van der Waals surface area contributed by atoms with Crippen LogP contribution in [0.2, 0.25) is 5.02 Å². The predicted octanol–water partition coefficient (Wildman–Crippen LogP) is 3.41. The summed E-state index contributed by atoms with van der Waals surface area (Å²) in [6.45, 7) is 1.63. The van der Waals surface area contributed by atoms with Crippen molar-refractivity contribution in [2.75, 3.05) is 36.9 Å². The Morgan fingerprint density at radius 1 is 1.10 bits per heavy atom. The smallest absolute Gasteiger partial charge is 0.232 e. The molecule has 1 N–H and O–H groups in total. The average Bonchev–Trinajstić information content (AvgIpc) is 2.74. The number of aryl methyl sites for hydroxylation is 1. The quantitative estimate of drug-likeness (QED) is 0.542. The molecule has 1 aliphatic rings. The van der Waals surface area contributed by atoms with Gasteiger partial charge in [-0.05, 0) is 43.0 Å². The summed E-state index contributed by atoms with van der Waals surface area (Å²) in [6, 6.07) is 12.7. The maximum atomic E-state index is 12.3. The predicted molar refractivity (Wildman–Crippen MR) is 122 cm³/mol. The molecule has 0 saturated heterocycles. The Morgan fingerprint density at radius 3 is 2.58 bits per heavy atom. The second kappa shape index (κ2) is 10.7. The van der Waals surface area contributed by atoms with E-state index in [0.29, 0.717) is 43.4 Å². The molecule has 3 rings (SSSR count). The summed E-state index contributed by atoms with van der Waals surface area (Å²) in [5.41, 5.74) is 1.55. The van der Waals surface area contributed by atoms with Gasteiger partial charge in [-0.2, -0.15) is 0 Å². The van der Waals surface area contributed by atoms with E-state index >= 15 is 0 Å². The Balaban J connectivity index is 1.46. The van der Waals surface area contributed by atoms with Crippen LogP contribution in [-0.2, 0) is 21.2 Å². The molecule has 0 aromatic heterocycles. The third-order valence-electron chi connectivity index (χ3n) is 4.88. The van der Waals surface area contributed by atoms with Crippen molar-refractivity contribution in [2.45, 2.75) is 25.7 Å². The van der Waals surface area contributed by atoms with Crippen molar-refractivity contribution in [3.8, 4) is 11.5 Å². The van der Waals surface area contributed by atoms with Crippen LogP contribution in [-0.4, -0.2) is 46.9 Å². The number of ether oxygens (including phenoxy) is 2. The normalized spacial score (nSPS) is 13.0. The number of anilines is 1. The van der Waals surface area contributed by atoms with Crippen molar-refractivity contribution < 1.29 is 22.7 Å². The number of benzene rings is 2. The molecule has 1 heterocycles. The van der Waals surface area contributed by atoms with Gasteiger partial charge in [0, 0.05) is 30.6 Å². The van der Waals surface area contributed by atoms with Gasteiger partial charge < -0.3 is 14.8 Å². The number of amides is 1. The first-order chi connectivity index (χ1) is 14.8. The van der Waals surface area contributed by atoms with Crippen LogP contribution in [0, 0.1) is 0 Å². The number of hydrogen-bond donors (Lipinski definition) is 1. The maximum absolute atomic E-state index is 12.3. The molecule has 2 aromatic rings. The zero-order chi connectivity index (χ0) is 22.3. The van der Waals surface area contributed by atoms with Gasteiger partial charge in [0.05, 0.1) is 11.9 Å². The van der Waals surface area contributed by atoms with Crippen molar-refractivity contribution in [2.24, 2.45) is 0 Å². The summed E-state index contributed by atoms with van der Waals surface area (Å²) in [5, 5.41) is 3.61. The minimum absolute atomic E-state index is 0.102. The lowest BCUT2D eigenvalue weighted by molar-refractivity contribution is -0.121. The molecule has 1 amide bonds. The van der Waals surface area contributed by atoms with Crippen molar-refractivity contribution >= 4 is 33.2 Å². The van der Waals surface area contributed by atoms with Gasteiger partial charge in [-0.1, -0.05) is 29.8 Å². The Hall–Kier alpha value is -2.45. The highest BCUT2D eigenvalue weighted by molar-refractivity contribution is 7.92. The highest BCUT2D eigenvalue weighted by Crippen LogP contribution is 2.34. The molecule has 0 spiro atoms. The minimum atomic E-state index is -3.51. The van der Waals surface area contributed by atoms with Gasteiger partial charge >= 0.3 is 0 Å².